The van der Waals surface area contributed by atoms with Crippen LogP contribution in [-0.2, 0) is 11.3 Å². The number of carbonyl (C=O) groups is 2. The Hall–Kier alpha value is -5.76. The fourth-order valence-corrected chi connectivity index (χ4v) is 4.98. The molecule has 1 aliphatic heterocycles. The first-order chi connectivity index (χ1) is 20.6. The highest BCUT2D eigenvalue weighted by Crippen LogP contribution is 2.34. The predicted molar refractivity (Wildman–Crippen MR) is 160 cm³/mol. The number of nitrogens with one attached hydrogen (secondary N) is 3. The van der Waals surface area contributed by atoms with Crippen molar-refractivity contribution >= 4 is 40.0 Å². The molecule has 0 unspecified atom stereocenters. The number of hydrogen-bond donors (Lipinski definition) is 3. The number of hydrogen-bond acceptors (Lipinski definition) is 6. The first-order valence-electron chi connectivity index (χ1n) is 13.5. The summed E-state index contributed by atoms with van der Waals surface area (Å²) in [7, 11) is 0. The monoisotopic (exact) mass is 557 g/mol. The maximum Gasteiger partial charge on any atom is 0.253 e. The van der Waals surface area contributed by atoms with Crippen LogP contribution in [0.15, 0.2) is 91.8 Å². The molecule has 208 valence electrons. The standard InChI is InChI=1S/C31H27N9O2/c1-32-27-18-35-31(38-29(27)25-17-34-26-6-3-2-5-24(25)26)37-23-12-15-40(19-23)30(42)21-8-10-22(11-9-21)36-28(41)7-4-14-39-16-13-33-20-39/h2-11,13,16-18,20,23,34H,12,14-15,19H2,(H,36,41)(H,35,37,38)/b7-4+/t23-/m1/s1. The van der Waals surface area contributed by atoms with Crippen molar-refractivity contribution in [1.82, 2.24) is 29.4 Å². The van der Waals surface area contributed by atoms with E-state index in [2.05, 4.69) is 35.4 Å². The molecule has 4 heterocycles. The third-order valence-corrected chi connectivity index (χ3v) is 7.09. The highest BCUT2D eigenvalue weighted by Gasteiger charge is 2.28. The average molecular weight is 558 g/mol. The van der Waals surface area contributed by atoms with E-state index in [1.807, 2.05) is 41.2 Å². The molecule has 0 spiro atoms. The summed E-state index contributed by atoms with van der Waals surface area (Å²) in [4.78, 5) is 47.0. The summed E-state index contributed by atoms with van der Waals surface area (Å²) in [5.41, 5.74) is 3.90. The maximum absolute atomic E-state index is 13.2. The van der Waals surface area contributed by atoms with E-state index >= 15 is 0 Å². The van der Waals surface area contributed by atoms with Crippen molar-refractivity contribution in [3.63, 3.8) is 0 Å². The zero-order valence-corrected chi connectivity index (χ0v) is 22.6. The number of aromatic nitrogens is 5. The molecule has 2 amide bonds. The summed E-state index contributed by atoms with van der Waals surface area (Å²) in [6.07, 6.45) is 12.5. The molecular formula is C31H27N9O2. The molecule has 0 saturated carbocycles. The molecule has 1 atom stereocenters. The minimum atomic E-state index is -0.248. The van der Waals surface area contributed by atoms with E-state index < -0.39 is 0 Å². The van der Waals surface area contributed by atoms with E-state index in [1.165, 1.54) is 12.3 Å². The number of rotatable bonds is 8. The molecule has 11 heteroatoms. The number of amides is 2. The molecule has 5 aromatic rings. The number of nitrogens with zero attached hydrogens (tertiary/aromatic N) is 6. The van der Waals surface area contributed by atoms with E-state index in [0.717, 1.165) is 22.9 Å². The highest BCUT2D eigenvalue weighted by molar-refractivity contribution is 6.00. The number of aromatic amines is 1. The van der Waals surface area contributed by atoms with Crippen molar-refractivity contribution in [2.45, 2.75) is 19.0 Å². The Kier molecular flexibility index (Phi) is 7.42. The molecule has 1 saturated heterocycles. The molecule has 2 aromatic carbocycles. The summed E-state index contributed by atoms with van der Waals surface area (Å²) in [6.45, 7) is 9.22. The summed E-state index contributed by atoms with van der Waals surface area (Å²) in [5.74, 6) is 0.0875. The van der Waals surface area contributed by atoms with Crippen molar-refractivity contribution in [1.29, 1.82) is 0 Å². The van der Waals surface area contributed by atoms with Crippen LogP contribution in [0.2, 0.25) is 0 Å². The van der Waals surface area contributed by atoms with Crippen LogP contribution in [0.5, 0.6) is 0 Å². The predicted octanol–water partition coefficient (Wildman–Crippen LogP) is 4.89. The van der Waals surface area contributed by atoms with E-state index in [1.54, 1.807) is 47.8 Å². The number of benzene rings is 2. The molecule has 6 rings (SSSR count). The Morgan fingerprint density at radius 2 is 2.02 bits per heavy atom. The van der Waals surface area contributed by atoms with Crippen LogP contribution in [0.25, 0.3) is 27.0 Å². The number of imidazole rings is 1. The van der Waals surface area contributed by atoms with Crippen LogP contribution in [0.1, 0.15) is 16.8 Å². The molecule has 1 fully saturated rings. The molecule has 0 radical (unpaired) electrons. The zero-order chi connectivity index (χ0) is 28.9. The lowest BCUT2D eigenvalue weighted by Gasteiger charge is -2.18. The van der Waals surface area contributed by atoms with Gasteiger partial charge in [0.05, 0.1) is 18.6 Å². The molecule has 3 N–H and O–H groups in total. The Morgan fingerprint density at radius 3 is 2.83 bits per heavy atom. The van der Waals surface area contributed by atoms with Gasteiger partial charge in [0, 0.05) is 84.3 Å². The quantitative estimate of drug-likeness (QED) is 0.184. The molecule has 1 aliphatic rings. The fraction of sp³-hybridized carbons (Fsp3) is 0.161. The second-order valence-corrected chi connectivity index (χ2v) is 9.90. The summed E-state index contributed by atoms with van der Waals surface area (Å²) in [5, 5.41) is 7.14. The van der Waals surface area contributed by atoms with Crippen LogP contribution in [0, 0.1) is 6.57 Å². The number of carbonyl (C=O) groups excluding carboxylic acids is 2. The van der Waals surface area contributed by atoms with Crippen LogP contribution >= 0.6 is 0 Å². The minimum Gasteiger partial charge on any atom is -0.361 e. The summed E-state index contributed by atoms with van der Waals surface area (Å²) < 4.78 is 1.85. The highest BCUT2D eigenvalue weighted by atomic mass is 16.2. The van der Waals surface area contributed by atoms with Gasteiger partial charge < -0.3 is 25.1 Å². The largest absolute Gasteiger partial charge is 0.361 e. The van der Waals surface area contributed by atoms with Gasteiger partial charge >= 0.3 is 0 Å². The molecular weight excluding hydrogens is 530 g/mol. The Balaban J connectivity index is 1.06. The number of para-hydroxylation sites is 1. The Morgan fingerprint density at radius 1 is 1.17 bits per heavy atom. The lowest BCUT2D eigenvalue weighted by Crippen LogP contribution is -2.31. The lowest BCUT2D eigenvalue weighted by molar-refractivity contribution is -0.111. The van der Waals surface area contributed by atoms with Crippen molar-refractivity contribution in [2.24, 2.45) is 0 Å². The minimum absolute atomic E-state index is 0.0313. The van der Waals surface area contributed by atoms with E-state index in [-0.39, 0.29) is 17.9 Å². The molecule has 0 aliphatic carbocycles. The topological polar surface area (TPSA) is 125 Å². The Labute approximate surface area is 241 Å². The van der Waals surface area contributed by atoms with Gasteiger partial charge in [0.25, 0.3) is 5.91 Å². The normalized spacial score (nSPS) is 14.7. The van der Waals surface area contributed by atoms with E-state index in [4.69, 9.17) is 6.57 Å². The molecule has 11 nitrogen and oxygen atoms in total. The number of likely N-dealkylation sites (tertiary alicyclic amines) is 1. The first kappa shape index (κ1) is 26.5. The zero-order valence-electron chi connectivity index (χ0n) is 22.6. The lowest BCUT2D eigenvalue weighted by atomic mass is 10.1. The fourth-order valence-electron chi connectivity index (χ4n) is 4.98. The van der Waals surface area contributed by atoms with E-state index in [0.29, 0.717) is 48.2 Å². The van der Waals surface area contributed by atoms with Crippen molar-refractivity contribution in [3.8, 4) is 11.3 Å². The van der Waals surface area contributed by atoms with Gasteiger partial charge in [-0.25, -0.2) is 19.8 Å². The summed E-state index contributed by atoms with van der Waals surface area (Å²) in [6, 6.07) is 14.7. The van der Waals surface area contributed by atoms with Gasteiger partial charge in [-0.05, 0) is 36.8 Å². The number of allylic oxidation sites excluding steroid dienone is 1. The molecule has 0 bridgehead atoms. The molecule has 3 aromatic heterocycles. The molecule has 42 heavy (non-hydrogen) atoms. The van der Waals surface area contributed by atoms with Crippen LogP contribution < -0.4 is 10.6 Å². The van der Waals surface area contributed by atoms with Gasteiger partial charge in [-0.1, -0.05) is 24.3 Å². The SMILES string of the molecule is [C-]#[N+]c1cnc(N[C@@H]2CCN(C(=O)c3ccc(NC(=O)/C=C/Cn4ccnc4)cc3)C2)nc1-c1c[nH]c2ccccc12. The Bertz CT molecular complexity index is 1800. The van der Waals surface area contributed by atoms with Gasteiger partial charge in [0.15, 0.2) is 0 Å². The van der Waals surface area contributed by atoms with Gasteiger partial charge in [-0.3, -0.25) is 9.59 Å². The van der Waals surface area contributed by atoms with Gasteiger partial charge in [-0.2, -0.15) is 0 Å². The van der Waals surface area contributed by atoms with Crippen molar-refractivity contribution in [2.75, 3.05) is 23.7 Å². The number of H-pyrrole nitrogens is 1. The average Bonchev–Trinajstić information content (AvgIpc) is 3.79. The van der Waals surface area contributed by atoms with Gasteiger partial charge in [0.2, 0.25) is 17.5 Å². The van der Waals surface area contributed by atoms with Gasteiger partial charge in [-0.15, -0.1) is 0 Å². The number of fused-ring (bicyclic) bond motifs is 1. The third-order valence-electron chi connectivity index (χ3n) is 7.09. The van der Waals surface area contributed by atoms with Crippen LogP contribution in [0.4, 0.5) is 17.3 Å². The summed E-state index contributed by atoms with van der Waals surface area (Å²) >= 11 is 0. The second-order valence-electron chi connectivity index (χ2n) is 9.90. The third kappa shape index (κ3) is 5.73. The first-order valence-corrected chi connectivity index (χ1v) is 13.5. The second kappa shape index (κ2) is 11.8. The van der Waals surface area contributed by atoms with Crippen molar-refractivity contribution in [3.05, 3.63) is 109 Å². The van der Waals surface area contributed by atoms with Gasteiger partial charge in [0.1, 0.15) is 0 Å². The van der Waals surface area contributed by atoms with Crippen LogP contribution in [0.3, 0.4) is 0 Å². The maximum atomic E-state index is 13.2. The van der Waals surface area contributed by atoms with Crippen molar-refractivity contribution < 1.29 is 9.59 Å². The van der Waals surface area contributed by atoms with Crippen LogP contribution in [-0.4, -0.2) is 60.3 Å². The van der Waals surface area contributed by atoms with E-state index in [9.17, 15) is 9.59 Å². The number of anilines is 2. The smallest absolute Gasteiger partial charge is 0.253 e.